The van der Waals surface area contributed by atoms with E-state index in [4.69, 9.17) is 10.5 Å². The fraction of sp³-hybridized carbons (Fsp3) is 0.385. The highest BCUT2D eigenvalue weighted by atomic mass is 79.9. The van der Waals surface area contributed by atoms with E-state index in [9.17, 15) is 8.42 Å². The number of hydrogen-bond donors (Lipinski definition) is 0. The summed E-state index contributed by atoms with van der Waals surface area (Å²) in [5.74, 6) is 0. The standard InChI is InChI=1S/C13H14BrN3O2S/c1-11-10-12(4-5-13(11)14)20(18,19)17(8-2-6-15)9-3-7-16/h4-5,10H,2-3,8-9H2,1H3. The molecule has 0 spiro atoms. The van der Waals surface area contributed by atoms with Gasteiger partial charge in [-0.3, -0.25) is 0 Å². The first-order chi connectivity index (χ1) is 9.43. The summed E-state index contributed by atoms with van der Waals surface area (Å²) in [6, 6.07) is 8.61. The second-order valence-corrected chi connectivity index (χ2v) is 6.92. The molecule has 1 rings (SSSR count). The fourth-order valence-electron chi connectivity index (χ4n) is 1.63. The lowest BCUT2D eigenvalue weighted by atomic mass is 10.2. The number of nitriles is 2. The summed E-state index contributed by atoms with van der Waals surface area (Å²) in [5.41, 5.74) is 0.812. The van der Waals surface area contributed by atoms with Crippen LogP contribution in [0.5, 0.6) is 0 Å². The van der Waals surface area contributed by atoms with E-state index < -0.39 is 10.0 Å². The highest BCUT2D eigenvalue weighted by Crippen LogP contribution is 2.22. The van der Waals surface area contributed by atoms with Crippen molar-refractivity contribution in [3.05, 3.63) is 28.2 Å². The summed E-state index contributed by atoms with van der Waals surface area (Å²) in [7, 11) is -3.67. The molecule has 20 heavy (non-hydrogen) atoms. The van der Waals surface area contributed by atoms with Crippen molar-refractivity contribution in [3.8, 4) is 12.1 Å². The van der Waals surface area contributed by atoms with Crippen LogP contribution in [0.25, 0.3) is 0 Å². The van der Waals surface area contributed by atoms with Crippen LogP contribution < -0.4 is 0 Å². The maximum Gasteiger partial charge on any atom is 0.243 e. The number of sulfonamides is 1. The minimum atomic E-state index is -3.67. The smallest absolute Gasteiger partial charge is 0.207 e. The molecule has 0 heterocycles. The van der Waals surface area contributed by atoms with Gasteiger partial charge in [-0.2, -0.15) is 14.8 Å². The van der Waals surface area contributed by atoms with Crippen molar-refractivity contribution in [2.45, 2.75) is 24.7 Å². The lowest BCUT2D eigenvalue weighted by Crippen LogP contribution is -2.32. The molecular formula is C13H14BrN3O2S. The molecule has 1 aromatic carbocycles. The zero-order valence-electron chi connectivity index (χ0n) is 11.0. The monoisotopic (exact) mass is 355 g/mol. The molecule has 0 aliphatic rings. The van der Waals surface area contributed by atoms with Crippen LogP contribution in [0, 0.1) is 29.6 Å². The maximum atomic E-state index is 12.5. The van der Waals surface area contributed by atoms with Crippen molar-refractivity contribution in [2.75, 3.05) is 13.1 Å². The van der Waals surface area contributed by atoms with Gasteiger partial charge < -0.3 is 0 Å². The minimum Gasteiger partial charge on any atom is -0.207 e. The van der Waals surface area contributed by atoms with E-state index in [2.05, 4.69) is 15.9 Å². The van der Waals surface area contributed by atoms with Crippen LogP contribution in [0.2, 0.25) is 0 Å². The average molecular weight is 356 g/mol. The molecule has 106 valence electrons. The third-order valence-electron chi connectivity index (χ3n) is 2.71. The van der Waals surface area contributed by atoms with Gasteiger partial charge in [0.15, 0.2) is 0 Å². The Morgan fingerprint density at radius 1 is 1.20 bits per heavy atom. The molecule has 0 saturated carbocycles. The predicted octanol–water partition coefficient (Wildman–Crippen LogP) is 2.58. The largest absolute Gasteiger partial charge is 0.243 e. The minimum absolute atomic E-state index is 0.0929. The molecule has 0 atom stereocenters. The van der Waals surface area contributed by atoms with Crippen molar-refractivity contribution in [1.82, 2.24) is 4.31 Å². The Labute approximate surface area is 127 Å². The van der Waals surface area contributed by atoms with Gasteiger partial charge in [0.1, 0.15) is 0 Å². The molecule has 0 aromatic heterocycles. The topological polar surface area (TPSA) is 85.0 Å². The highest BCUT2D eigenvalue weighted by Gasteiger charge is 2.24. The van der Waals surface area contributed by atoms with Crippen LogP contribution >= 0.6 is 15.9 Å². The molecular weight excluding hydrogens is 342 g/mol. The Bertz CT molecular complexity index is 641. The fourth-order valence-corrected chi connectivity index (χ4v) is 3.40. The normalized spacial score (nSPS) is 11.1. The van der Waals surface area contributed by atoms with Crippen molar-refractivity contribution in [2.24, 2.45) is 0 Å². The number of halogens is 1. The number of benzene rings is 1. The Balaban J connectivity index is 3.11. The third-order valence-corrected chi connectivity index (χ3v) is 5.50. The lowest BCUT2D eigenvalue weighted by molar-refractivity contribution is 0.425. The Kier molecular flexibility index (Phi) is 6.15. The van der Waals surface area contributed by atoms with E-state index in [1.807, 2.05) is 12.1 Å². The zero-order valence-corrected chi connectivity index (χ0v) is 13.4. The molecule has 0 saturated heterocycles. The number of rotatable bonds is 6. The Morgan fingerprint density at radius 3 is 2.20 bits per heavy atom. The van der Waals surface area contributed by atoms with Gasteiger partial charge in [0.25, 0.3) is 0 Å². The number of hydrogen-bond acceptors (Lipinski definition) is 4. The van der Waals surface area contributed by atoms with Crippen LogP contribution in [0.15, 0.2) is 27.6 Å². The molecule has 0 aliphatic heterocycles. The van der Waals surface area contributed by atoms with E-state index >= 15 is 0 Å². The molecule has 5 nitrogen and oxygen atoms in total. The summed E-state index contributed by atoms with van der Waals surface area (Å²) in [4.78, 5) is 0.175. The molecule has 1 aromatic rings. The molecule has 0 amide bonds. The summed E-state index contributed by atoms with van der Waals surface area (Å²) < 4.78 is 27.0. The summed E-state index contributed by atoms with van der Waals surface area (Å²) in [6.07, 6.45) is 0.195. The number of aryl methyl sites for hydroxylation is 1. The first kappa shape index (κ1) is 16.6. The molecule has 0 aliphatic carbocycles. The first-order valence-electron chi connectivity index (χ1n) is 5.93. The average Bonchev–Trinajstić information content (AvgIpc) is 2.41. The molecule has 0 fully saturated rings. The van der Waals surface area contributed by atoms with Crippen LogP contribution in [0.4, 0.5) is 0 Å². The van der Waals surface area contributed by atoms with Crippen LogP contribution in [0.3, 0.4) is 0 Å². The van der Waals surface area contributed by atoms with Gasteiger partial charge in [0.2, 0.25) is 10.0 Å². The van der Waals surface area contributed by atoms with E-state index in [1.165, 1.54) is 10.4 Å². The molecule has 0 N–H and O–H groups in total. The SMILES string of the molecule is Cc1cc(S(=O)(=O)N(CCC#N)CCC#N)ccc1Br. The van der Waals surface area contributed by atoms with Gasteiger partial charge in [0, 0.05) is 30.4 Å². The molecule has 0 unspecified atom stereocenters. The molecule has 0 radical (unpaired) electrons. The lowest BCUT2D eigenvalue weighted by Gasteiger charge is -2.20. The van der Waals surface area contributed by atoms with E-state index in [0.29, 0.717) is 0 Å². The quantitative estimate of drug-likeness (QED) is 0.784. The molecule has 7 heteroatoms. The summed E-state index contributed by atoms with van der Waals surface area (Å²) in [5, 5.41) is 17.2. The van der Waals surface area contributed by atoms with Gasteiger partial charge in [-0.25, -0.2) is 8.42 Å². The van der Waals surface area contributed by atoms with Gasteiger partial charge >= 0.3 is 0 Å². The van der Waals surface area contributed by atoms with Crippen molar-refractivity contribution < 1.29 is 8.42 Å². The van der Waals surface area contributed by atoms with Crippen LogP contribution in [-0.4, -0.2) is 25.8 Å². The highest BCUT2D eigenvalue weighted by molar-refractivity contribution is 9.10. The van der Waals surface area contributed by atoms with Gasteiger partial charge in [0.05, 0.1) is 17.0 Å². The maximum absolute atomic E-state index is 12.5. The third kappa shape index (κ3) is 4.04. The van der Waals surface area contributed by atoms with Crippen molar-refractivity contribution in [1.29, 1.82) is 10.5 Å². The first-order valence-corrected chi connectivity index (χ1v) is 8.17. The Hall–Kier alpha value is -1.41. The van der Waals surface area contributed by atoms with Crippen LogP contribution in [0.1, 0.15) is 18.4 Å². The predicted molar refractivity (Wildman–Crippen MR) is 78.1 cm³/mol. The number of nitrogens with zero attached hydrogens (tertiary/aromatic N) is 3. The van der Waals surface area contributed by atoms with E-state index in [0.717, 1.165) is 10.0 Å². The second kappa shape index (κ2) is 7.39. The molecule has 0 bridgehead atoms. The van der Waals surface area contributed by atoms with Gasteiger partial charge in [-0.05, 0) is 30.7 Å². The second-order valence-electron chi connectivity index (χ2n) is 4.13. The van der Waals surface area contributed by atoms with Crippen molar-refractivity contribution in [3.63, 3.8) is 0 Å². The Morgan fingerprint density at radius 2 is 1.75 bits per heavy atom. The van der Waals surface area contributed by atoms with Crippen LogP contribution in [-0.2, 0) is 10.0 Å². The van der Waals surface area contributed by atoms with E-state index in [1.54, 1.807) is 19.1 Å². The van der Waals surface area contributed by atoms with E-state index in [-0.39, 0.29) is 30.8 Å². The van der Waals surface area contributed by atoms with Crippen molar-refractivity contribution >= 4 is 26.0 Å². The summed E-state index contributed by atoms with van der Waals surface area (Å²) in [6.45, 7) is 1.99. The van der Waals surface area contributed by atoms with Gasteiger partial charge in [-0.15, -0.1) is 0 Å². The summed E-state index contributed by atoms with van der Waals surface area (Å²) >= 11 is 3.32. The zero-order chi connectivity index (χ0) is 15.2. The van der Waals surface area contributed by atoms with Gasteiger partial charge in [-0.1, -0.05) is 15.9 Å².